The van der Waals surface area contributed by atoms with Crippen LogP contribution in [0.5, 0.6) is 0 Å². The molecule has 7 nitrogen and oxygen atoms in total. The number of nitrogens with zero attached hydrogens (tertiary/aromatic N) is 4. The Kier molecular flexibility index (Phi) is 9.32. The van der Waals surface area contributed by atoms with Crippen molar-refractivity contribution in [1.29, 1.82) is 0 Å². The number of para-hydroxylation sites is 1. The summed E-state index contributed by atoms with van der Waals surface area (Å²) in [7, 11) is 0. The molecule has 1 fully saturated rings. The standard InChI is InChI=1S/C35H42N6OS/c1-2-19-41-32-12-4-3-10-28(32)30(39-41)11-5-8-25-9-6-20-40(21-18-25)34-17-15-27(24-37-34)35(42)38-31-23-26(14-16-29(31)36)33-13-7-22-43-33/h3-4,10,12-17,23-25H,2,5-9,11,18-22,36H2,1H3,(H,38,42). The Morgan fingerprint density at radius 2 is 2.02 bits per heavy atom. The fraction of sp³-hybridized carbons (Fsp3) is 0.400. The number of amides is 1. The number of nitrogen functional groups attached to an aromatic ring is 1. The molecule has 4 heterocycles. The van der Waals surface area contributed by atoms with Crippen molar-refractivity contribution in [3.63, 3.8) is 0 Å². The SMILES string of the molecule is CCCn1nc(CCCC2CCCN(c3ccc(C(=O)Nc4cc(C5=CCCS5)ccc4N)cn3)CC2)c2ccccc21. The molecule has 2 aliphatic heterocycles. The van der Waals surface area contributed by atoms with Gasteiger partial charge in [0.1, 0.15) is 5.82 Å². The third-order valence-electron chi connectivity index (χ3n) is 8.67. The first-order valence-corrected chi connectivity index (χ1v) is 16.8. The minimum atomic E-state index is -0.195. The lowest BCUT2D eigenvalue weighted by molar-refractivity contribution is 0.102. The first-order chi connectivity index (χ1) is 21.1. The smallest absolute Gasteiger partial charge is 0.257 e. The summed E-state index contributed by atoms with van der Waals surface area (Å²) < 4.78 is 2.18. The number of pyridine rings is 1. The van der Waals surface area contributed by atoms with Gasteiger partial charge in [-0.1, -0.05) is 43.7 Å². The number of hydrogen-bond donors (Lipinski definition) is 2. The predicted molar refractivity (Wildman–Crippen MR) is 181 cm³/mol. The van der Waals surface area contributed by atoms with Gasteiger partial charge in [-0.15, -0.1) is 11.8 Å². The minimum Gasteiger partial charge on any atom is -0.397 e. The molecule has 224 valence electrons. The van der Waals surface area contributed by atoms with Crippen LogP contribution in [-0.2, 0) is 13.0 Å². The molecule has 1 unspecified atom stereocenters. The van der Waals surface area contributed by atoms with Gasteiger partial charge < -0.3 is 16.0 Å². The lowest BCUT2D eigenvalue weighted by Gasteiger charge is -2.22. The zero-order chi connectivity index (χ0) is 29.6. The molecule has 6 rings (SSSR count). The molecule has 3 N–H and O–H groups in total. The number of aryl methyl sites for hydroxylation is 2. The van der Waals surface area contributed by atoms with Crippen LogP contribution in [0.2, 0.25) is 0 Å². The average Bonchev–Trinajstić information content (AvgIpc) is 3.62. The minimum absolute atomic E-state index is 0.195. The molecule has 1 saturated heterocycles. The molecule has 1 amide bonds. The predicted octanol–water partition coefficient (Wildman–Crippen LogP) is 7.78. The normalized spacial score (nSPS) is 17.2. The molecule has 0 bridgehead atoms. The van der Waals surface area contributed by atoms with Gasteiger partial charge in [-0.25, -0.2) is 4.98 Å². The Balaban J connectivity index is 1.01. The number of hydrogen-bond acceptors (Lipinski definition) is 6. The molecule has 0 saturated carbocycles. The second-order valence-corrected chi connectivity index (χ2v) is 12.9. The van der Waals surface area contributed by atoms with Gasteiger partial charge in [0, 0.05) is 41.9 Å². The van der Waals surface area contributed by atoms with Gasteiger partial charge in [-0.2, -0.15) is 5.10 Å². The summed E-state index contributed by atoms with van der Waals surface area (Å²) in [6, 6.07) is 18.3. The second kappa shape index (κ2) is 13.7. The van der Waals surface area contributed by atoms with Gasteiger partial charge in [-0.05, 0) is 86.8 Å². The first kappa shape index (κ1) is 29.3. The van der Waals surface area contributed by atoms with Crippen molar-refractivity contribution in [2.24, 2.45) is 5.92 Å². The number of nitrogens with two attached hydrogens (primary N) is 1. The van der Waals surface area contributed by atoms with E-state index in [1.54, 1.807) is 6.20 Å². The maximum absolute atomic E-state index is 13.0. The largest absolute Gasteiger partial charge is 0.397 e. The second-order valence-electron chi connectivity index (χ2n) is 11.7. The number of aromatic nitrogens is 3. The van der Waals surface area contributed by atoms with Crippen LogP contribution in [-0.4, -0.2) is 39.5 Å². The van der Waals surface area contributed by atoms with Crippen LogP contribution >= 0.6 is 11.8 Å². The third kappa shape index (κ3) is 6.90. The Labute approximate surface area is 258 Å². The Bertz CT molecular complexity index is 1590. The molecule has 2 aliphatic rings. The molecule has 1 atom stereocenters. The average molecular weight is 595 g/mol. The number of fused-ring (bicyclic) bond motifs is 1. The van der Waals surface area contributed by atoms with E-state index in [0.29, 0.717) is 16.9 Å². The fourth-order valence-corrected chi connectivity index (χ4v) is 7.33. The number of thioether (sulfide) groups is 1. The van der Waals surface area contributed by atoms with E-state index in [0.717, 1.165) is 68.4 Å². The van der Waals surface area contributed by atoms with E-state index in [1.807, 2.05) is 42.1 Å². The number of carbonyl (C=O) groups is 1. The zero-order valence-electron chi connectivity index (χ0n) is 25.1. The first-order valence-electron chi connectivity index (χ1n) is 15.8. The number of nitrogens with one attached hydrogen (secondary N) is 1. The van der Waals surface area contributed by atoms with Crippen molar-refractivity contribution >= 4 is 50.7 Å². The summed E-state index contributed by atoms with van der Waals surface area (Å²) in [4.78, 5) is 21.4. The van der Waals surface area contributed by atoms with E-state index in [4.69, 9.17) is 15.8 Å². The van der Waals surface area contributed by atoms with E-state index in [9.17, 15) is 4.79 Å². The van der Waals surface area contributed by atoms with Crippen molar-refractivity contribution in [1.82, 2.24) is 14.8 Å². The Hall–Kier alpha value is -3.78. The van der Waals surface area contributed by atoms with Crippen LogP contribution in [0.15, 0.2) is 66.9 Å². The van der Waals surface area contributed by atoms with Gasteiger partial charge >= 0.3 is 0 Å². The molecular weight excluding hydrogens is 552 g/mol. The highest BCUT2D eigenvalue weighted by Crippen LogP contribution is 2.36. The molecule has 0 aliphatic carbocycles. The third-order valence-corrected chi connectivity index (χ3v) is 9.82. The lowest BCUT2D eigenvalue weighted by Crippen LogP contribution is -2.25. The summed E-state index contributed by atoms with van der Waals surface area (Å²) in [5.74, 6) is 2.57. The van der Waals surface area contributed by atoms with E-state index < -0.39 is 0 Å². The van der Waals surface area contributed by atoms with Crippen LogP contribution < -0.4 is 16.0 Å². The number of anilines is 3. The summed E-state index contributed by atoms with van der Waals surface area (Å²) in [6.07, 6.45) is 13.1. The van der Waals surface area contributed by atoms with Gasteiger partial charge in [0.2, 0.25) is 0 Å². The van der Waals surface area contributed by atoms with Crippen molar-refractivity contribution in [2.45, 2.75) is 64.8 Å². The summed E-state index contributed by atoms with van der Waals surface area (Å²) in [5, 5.41) is 9.26. The van der Waals surface area contributed by atoms with E-state index in [2.05, 4.69) is 52.2 Å². The van der Waals surface area contributed by atoms with Crippen molar-refractivity contribution in [3.8, 4) is 0 Å². The van der Waals surface area contributed by atoms with Crippen molar-refractivity contribution in [2.75, 3.05) is 34.8 Å². The van der Waals surface area contributed by atoms with E-state index in [-0.39, 0.29) is 5.91 Å². The maximum atomic E-state index is 13.0. The number of rotatable bonds is 10. The topological polar surface area (TPSA) is 89.1 Å². The Morgan fingerprint density at radius 1 is 1.12 bits per heavy atom. The fourth-order valence-electron chi connectivity index (χ4n) is 6.34. The molecule has 43 heavy (non-hydrogen) atoms. The van der Waals surface area contributed by atoms with E-state index >= 15 is 0 Å². The highest BCUT2D eigenvalue weighted by Gasteiger charge is 2.20. The lowest BCUT2D eigenvalue weighted by atomic mass is 9.94. The molecule has 8 heteroatoms. The van der Waals surface area contributed by atoms with Crippen LogP contribution in [0.3, 0.4) is 0 Å². The number of carbonyl (C=O) groups excluding carboxylic acids is 1. The number of allylic oxidation sites excluding steroid dienone is 1. The molecule has 2 aromatic heterocycles. The summed E-state index contributed by atoms with van der Waals surface area (Å²) in [6.45, 7) is 5.17. The van der Waals surface area contributed by atoms with Crippen molar-refractivity contribution in [3.05, 3.63) is 83.7 Å². The quantitative estimate of drug-likeness (QED) is 0.182. The van der Waals surface area contributed by atoms with Crippen LogP contribution in [0.25, 0.3) is 15.8 Å². The molecular formula is C35H42N6OS. The van der Waals surface area contributed by atoms with Gasteiger partial charge in [0.15, 0.2) is 0 Å². The summed E-state index contributed by atoms with van der Waals surface area (Å²) in [5.41, 5.74) is 11.5. The van der Waals surface area contributed by atoms with Gasteiger partial charge in [0.25, 0.3) is 5.91 Å². The van der Waals surface area contributed by atoms with Crippen LogP contribution in [0.4, 0.5) is 17.2 Å². The monoisotopic (exact) mass is 594 g/mol. The summed E-state index contributed by atoms with van der Waals surface area (Å²) >= 11 is 1.84. The molecule has 0 radical (unpaired) electrons. The van der Waals surface area contributed by atoms with E-state index in [1.165, 1.54) is 47.2 Å². The van der Waals surface area contributed by atoms with Crippen molar-refractivity contribution < 1.29 is 4.79 Å². The molecule has 2 aromatic carbocycles. The maximum Gasteiger partial charge on any atom is 0.257 e. The van der Waals surface area contributed by atoms with Crippen LogP contribution in [0, 0.1) is 5.92 Å². The zero-order valence-corrected chi connectivity index (χ0v) is 25.9. The highest BCUT2D eigenvalue weighted by atomic mass is 32.2. The molecule has 4 aromatic rings. The molecule has 0 spiro atoms. The number of benzene rings is 2. The van der Waals surface area contributed by atoms with Gasteiger partial charge in [-0.3, -0.25) is 9.48 Å². The highest BCUT2D eigenvalue weighted by molar-refractivity contribution is 8.08. The van der Waals surface area contributed by atoms with Crippen LogP contribution in [0.1, 0.15) is 73.5 Å². The Morgan fingerprint density at radius 3 is 2.84 bits per heavy atom. The van der Waals surface area contributed by atoms with Gasteiger partial charge in [0.05, 0.1) is 28.1 Å².